The van der Waals surface area contributed by atoms with Crippen LogP contribution in [0.1, 0.15) is 51.0 Å². The lowest BCUT2D eigenvalue weighted by atomic mass is 10.0. The Hall–Kier alpha value is -0.680. The molecule has 5 heteroatoms. The number of rotatable bonds is 7. The molecule has 0 radical (unpaired) electrons. The van der Waals surface area contributed by atoms with Crippen molar-refractivity contribution < 1.29 is 4.74 Å². The molecule has 1 heterocycles. The molecule has 0 amide bonds. The highest BCUT2D eigenvalue weighted by molar-refractivity contribution is 9.10. The van der Waals surface area contributed by atoms with Crippen LogP contribution in [0.15, 0.2) is 4.47 Å². The average molecular weight is 316 g/mol. The second kappa shape index (κ2) is 7.69. The minimum atomic E-state index is 0.408. The second-order valence-electron chi connectivity index (χ2n) is 4.17. The maximum atomic E-state index is 5.20. The van der Waals surface area contributed by atoms with E-state index in [1.165, 1.54) is 0 Å². The smallest absolute Gasteiger partial charge is 0.144 e. The zero-order valence-corrected chi connectivity index (χ0v) is 13.2. The highest BCUT2D eigenvalue weighted by atomic mass is 79.9. The molecule has 0 aliphatic rings. The van der Waals surface area contributed by atoms with E-state index >= 15 is 0 Å². The van der Waals surface area contributed by atoms with Gasteiger partial charge in [-0.1, -0.05) is 13.8 Å². The van der Waals surface area contributed by atoms with Gasteiger partial charge in [-0.2, -0.15) is 0 Å². The van der Waals surface area contributed by atoms with E-state index in [9.17, 15) is 0 Å². The Morgan fingerprint density at radius 2 is 1.89 bits per heavy atom. The van der Waals surface area contributed by atoms with Crippen molar-refractivity contribution in [2.75, 3.05) is 19.0 Å². The molecule has 4 nitrogen and oxygen atoms in total. The van der Waals surface area contributed by atoms with Gasteiger partial charge in [-0.3, -0.25) is 0 Å². The van der Waals surface area contributed by atoms with Crippen molar-refractivity contribution in [2.24, 2.45) is 0 Å². The normalized spacial score (nSPS) is 11.0. The summed E-state index contributed by atoms with van der Waals surface area (Å²) in [6.45, 7) is 7.73. The third-order valence-electron chi connectivity index (χ3n) is 2.91. The molecule has 0 saturated carbocycles. The van der Waals surface area contributed by atoms with Crippen molar-refractivity contribution in [3.05, 3.63) is 16.0 Å². The Balaban J connectivity index is 3.18. The number of aromatic nitrogens is 2. The summed E-state index contributed by atoms with van der Waals surface area (Å²) in [5.41, 5.74) is 0.908. The SMILES string of the molecule is CCNc1nc(C(CC)CC)nc(COC)c1Br. The molecule has 0 fully saturated rings. The lowest BCUT2D eigenvalue weighted by Gasteiger charge is -2.16. The predicted octanol–water partition coefficient (Wildman–Crippen LogP) is 3.72. The second-order valence-corrected chi connectivity index (χ2v) is 4.96. The van der Waals surface area contributed by atoms with Crippen molar-refractivity contribution >= 4 is 21.7 Å². The summed E-state index contributed by atoms with van der Waals surface area (Å²) in [5, 5.41) is 3.26. The van der Waals surface area contributed by atoms with E-state index in [1.54, 1.807) is 7.11 Å². The van der Waals surface area contributed by atoms with Crippen LogP contribution in [0.3, 0.4) is 0 Å². The maximum Gasteiger partial charge on any atom is 0.144 e. The number of anilines is 1. The van der Waals surface area contributed by atoms with Crippen molar-refractivity contribution in [1.82, 2.24) is 9.97 Å². The first kappa shape index (κ1) is 15.4. The fourth-order valence-electron chi connectivity index (χ4n) is 1.87. The van der Waals surface area contributed by atoms with E-state index < -0.39 is 0 Å². The number of nitrogens with one attached hydrogen (secondary N) is 1. The molecular weight excluding hydrogens is 294 g/mol. The molecule has 18 heavy (non-hydrogen) atoms. The van der Waals surface area contributed by atoms with Gasteiger partial charge in [0.2, 0.25) is 0 Å². The van der Waals surface area contributed by atoms with Gasteiger partial charge in [0.25, 0.3) is 0 Å². The van der Waals surface area contributed by atoms with Gasteiger partial charge >= 0.3 is 0 Å². The molecule has 1 rings (SSSR count). The number of hydrogen-bond donors (Lipinski definition) is 1. The van der Waals surface area contributed by atoms with E-state index in [1.807, 2.05) is 0 Å². The first-order chi connectivity index (χ1) is 8.67. The highest BCUT2D eigenvalue weighted by Crippen LogP contribution is 2.28. The molecule has 0 aromatic carbocycles. The van der Waals surface area contributed by atoms with Crippen LogP contribution in [0.4, 0.5) is 5.82 Å². The summed E-state index contributed by atoms with van der Waals surface area (Å²) in [7, 11) is 1.68. The summed E-state index contributed by atoms with van der Waals surface area (Å²) in [6, 6.07) is 0. The number of nitrogens with zero attached hydrogens (tertiary/aromatic N) is 2. The van der Waals surface area contributed by atoms with Crippen LogP contribution in [0.5, 0.6) is 0 Å². The zero-order valence-electron chi connectivity index (χ0n) is 11.6. The van der Waals surface area contributed by atoms with Gasteiger partial charge in [0.05, 0.1) is 16.8 Å². The van der Waals surface area contributed by atoms with Crippen molar-refractivity contribution in [3.63, 3.8) is 0 Å². The molecule has 0 unspecified atom stereocenters. The fourth-order valence-corrected chi connectivity index (χ4v) is 2.30. The fraction of sp³-hybridized carbons (Fsp3) is 0.692. The monoisotopic (exact) mass is 315 g/mol. The number of halogens is 1. The summed E-state index contributed by atoms with van der Waals surface area (Å²) in [5.74, 6) is 2.18. The molecule has 102 valence electrons. The Bertz CT molecular complexity index is 353. The van der Waals surface area contributed by atoms with Crippen LogP contribution >= 0.6 is 15.9 Å². The van der Waals surface area contributed by atoms with Crippen LogP contribution in [0.2, 0.25) is 0 Å². The minimum absolute atomic E-state index is 0.408. The van der Waals surface area contributed by atoms with Gasteiger partial charge < -0.3 is 10.1 Å². The Morgan fingerprint density at radius 3 is 2.39 bits per heavy atom. The van der Waals surface area contributed by atoms with E-state index in [4.69, 9.17) is 4.74 Å². The lowest BCUT2D eigenvalue weighted by Crippen LogP contribution is -2.11. The van der Waals surface area contributed by atoms with Crippen molar-refractivity contribution in [3.8, 4) is 0 Å². The molecule has 0 atom stereocenters. The van der Waals surface area contributed by atoms with Crippen LogP contribution < -0.4 is 5.32 Å². The largest absolute Gasteiger partial charge is 0.378 e. The van der Waals surface area contributed by atoms with E-state index in [0.29, 0.717) is 12.5 Å². The van der Waals surface area contributed by atoms with Gasteiger partial charge in [-0.25, -0.2) is 9.97 Å². The van der Waals surface area contributed by atoms with Crippen LogP contribution in [0.25, 0.3) is 0 Å². The highest BCUT2D eigenvalue weighted by Gasteiger charge is 2.16. The first-order valence-corrected chi connectivity index (χ1v) is 7.26. The summed E-state index contributed by atoms with van der Waals surface area (Å²) >= 11 is 3.54. The van der Waals surface area contributed by atoms with Crippen LogP contribution in [-0.4, -0.2) is 23.6 Å². The topological polar surface area (TPSA) is 47.0 Å². The zero-order chi connectivity index (χ0) is 13.5. The van der Waals surface area contributed by atoms with Gasteiger partial charge in [0, 0.05) is 19.6 Å². The molecule has 1 N–H and O–H groups in total. The lowest BCUT2D eigenvalue weighted by molar-refractivity contribution is 0.180. The molecule has 1 aromatic heterocycles. The number of hydrogen-bond acceptors (Lipinski definition) is 4. The van der Waals surface area contributed by atoms with Gasteiger partial charge in [0.15, 0.2) is 0 Å². The van der Waals surface area contributed by atoms with E-state index in [2.05, 4.69) is 52.0 Å². The molecule has 0 bridgehead atoms. The third kappa shape index (κ3) is 3.65. The first-order valence-electron chi connectivity index (χ1n) is 6.46. The van der Waals surface area contributed by atoms with Crippen molar-refractivity contribution in [2.45, 2.75) is 46.1 Å². The van der Waals surface area contributed by atoms with Gasteiger partial charge in [-0.05, 0) is 35.7 Å². The Labute approximate surface area is 118 Å². The summed E-state index contributed by atoms with van der Waals surface area (Å²) in [4.78, 5) is 9.25. The Morgan fingerprint density at radius 1 is 1.22 bits per heavy atom. The third-order valence-corrected chi connectivity index (χ3v) is 3.75. The van der Waals surface area contributed by atoms with Gasteiger partial charge in [-0.15, -0.1) is 0 Å². The van der Waals surface area contributed by atoms with Gasteiger partial charge in [0.1, 0.15) is 11.6 Å². The predicted molar refractivity (Wildman–Crippen MR) is 77.9 cm³/mol. The van der Waals surface area contributed by atoms with E-state index in [-0.39, 0.29) is 0 Å². The molecular formula is C13H22BrN3O. The summed E-state index contributed by atoms with van der Waals surface area (Å²) < 4.78 is 6.10. The molecule has 0 spiro atoms. The van der Waals surface area contributed by atoms with Crippen LogP contribution in [-0.2, 0) is 11.3 Å². The quantitative estimate of drug-likeness (QED) is 0.833. The molecule has 0 saturated heterocycles. The van der Waals surface area contributed by atoms with E-state index in [0.717, 1.165) is 41.2 Å². The van der Waals surface area contributed by atoms with Crippen LogP contribution in [0, 0.1) is 0 Å². The number of ether oxygens (including phenoxy) is 1. The Kier molecular flexibility index (Phi) is 6.57. The number of methoxy groups -OCH3 is 1. The van der Waals surface area contributed by atoms with Crippen molar-refractivity contribution in [1.29, 1.82) is 0 Å². The molecule has 0 aliphatic carbocycles. The minimum Gasteiger partial charge on any atom is -0.378 e. The average Bonchev–Trinajstić information content (AvgIpc) is 2.36. The maximum absolute atomic E-state index is 5.20. The standard InChI is InChI=1S/C13H22BrN3O/c1-5-9(6-2)12-16-10(8-18-4)11(14)13(17-12)15-7-3/h9H,5-8H2,1-4H3,(H,15,16,17). The molecule has 0 aliphatic heterocycles. The molecule has 1 aromatic rings. The summed E-state index contributed by atoms with van der Waals surface area (Å²) in [6.07, 6.45) is 2.10.